The van der Waals surface area contributed by atoms with Crippen LogP contribution in [0, 0.1) is 16.0 Å². The fraction of sp³-hybridized carbons (Fsp3) is 0.348. The average molecular weight is 436 g/mol. The zero-order valence-corrected chi connectivity index (χ0v) is 17.9. The molecular weight excluding hydrogens is 412 g/mol. The van der Waals surface area contributed by atoms with Gasteiger partial charge in [0.05, 0.1) is 28.6 Å². The highest BCUT2D eigenvalue weighted by Gasteiger charge is 2.47. The number of para-hydroxylation sites is 2. The zero-order chi connectivity index (χ0) is 22.8. The highest BCUT2D eigenvalue weighted by molar-refractivity contribution is 6.08. The fourth-order valence-electron chi connectivity index (χ4n) is 4.17. The van der Waals surface area contributed by atoms with E-state index < -0.39 is 22.9 Å². The van der Waals surface area contributed by atoms with Gasteiger partial charge in [-0.2, -0.15) is 0 Å². The molecule has 0 spiro atoms. The first-order chi connectivity index (χ1) is 15.5. The molecule has 0 unspecified atom stereocenters. The van der Waals surface area contributed by atoms with Crippen molar-refractivity contribution in [2.45, 2.75) is 32.7 Å². The van der Waals surface area contributed by atoms with Crippen LogP contribution in [-0.2, 0) is 14.3 Å². The van der Waals surface area contributed by atoms with E-state index in [2.05, 4.69) is 0 Å². The molecule has 4 rings (SSSR count). The monoisotopic (exact) mass is 436 g/mol. The standard InChI is InChI=1S/C23H24N4O5/c1-3-5-14-25-21(28)19(22(29)32-4-2)20(15-10-12-16(13-11-15)27(30)31)26-18-9-7-6-8-17(18)24-23(25)26/h6-13,19-20H,3-5,14H2,1-2H3/t19-,20+/m0/s1. The number of nitrogens with zero attached hydrogens (tertiary/aromatic N) is 4. The Morgan fingerprint density at radius 2 is 1.88 bits per heavy atom. The van der Waals surface area contributed by atoms with E-state index in [1.165, 1.54) is 12.1 Å². The highest BCUT2D eigenvalue weighted by atomic mass is 16.6. The number of hydrogen-bond donors (Lipinski definition) is 0. The Labute approximate surface area is 184 Å². The molecule has 2 heterocycles. The first kappa shape index (κ1) is 21.5. The molecule has 1 aromatic heterocycles. The number of fused-ring (bicyclic) bond motifs is 3. The third-order valence-corrected chi connectivity index (χ3v) is 5.67. The van der Waals surface area contributed by atoms with Crippen LogP contribution in [0.25, 0.3) is 11.0 Å². The van der Waals surface area contributed by atoms with Gasteiger partial charge in [0, 0.05) is 18.7 Å². The fourth-order valence-corrected chi connectivity index (χ4v) is 4.17. The van der Waals surface area contributed by atoms with Gasteiger partial charge in [-0.15, -0.1) is 0 Å². The summed E-state index contributed by atoms with van der Waals surface area (Å²) in [5.41, 5.74) is 2.01. The molecule has 9 heteroatoms. The third-order valence-electron chi connectivity index (χ3n) is 5.67. The van der Waals surface area contributed by atoms with Gasteiger partial charge in [-0.25, -0.2) is 4.98 Å². The maximum absolute atomic E-state index is 13.6. The van der Waals surface area contributed by atoms with Crippen LogP contribution in [0.3, 0.4) is 0 Å². The van der Waals surface area contributed by atoms with Gasteiger partial charge in [-0.3, -0.25) is 24.6 Å². The number of anilines is 1. The van der Waals surface area contributed by atoms with Crippen LogP contribution >= 0.6 is 0 Å². The molecular formula is C23H24N4O5. The number of carbonyl (C=O) groups is 2. The number of amides is 1. The highest BCUT2D eigenvalue weighted by Crippen LogP contribution is 2.41. The van der Waals surface area contributed by atoms with Crippen molar-refractivity contribution in [3.05, 3.63) is 64.2 Å². The summed E-state index contributed by atoms with van der Waals surface area (Å²) in [6, 6.07) is 12.7. The van der Waals surface area contributed by atoms with Crippen LogP contribution < -0.4 is 4.90 Å². The van der Waals surface area contributed by atoms with Crippen molar-refractivity contribution in [3.63, 3.8) is 0 Å². The predicted molar refractivity (Wildman–Crippen MR) is 118 cm³/mol. The lowest BCUT2D eigenvalue weighted by molar-refractivity contribution is -0.384. The zero-order valence-electron chi connectivity index (χ0n) is 17.9. The van der Waals surface area contributed by atoms with Crippen LogP contribution in [0.4, 0.5) is 11.6 Å². The second kappa shape index (κ2) is 8.78. The average Bonchev–Trinajstić information content (AvgIpc) is 3.17. The molecule has 2 atom stereocenters. The van der Waals surface area contributed by atoms with Crippen LogP contribution in [0.1, 0.15) is 38.3 Å². The third kappa shape index (κ3) is 3.59. The van der Waals surface area contributed by atoms with Crippen LogP contribution in [0.2, 0.25) is 0 Å². The van der Waals surface area contributed by atoms with Crippen molar-refractivity contribution in [3.8, 4) is 0 Å². The number of carbonyl (C=O) groups excluding carboxylic acids is 2. The molecule has 0 aliphatic carbocycles. The van der Waals surface area contributed by atoms with Crippen LogP contribution in [-0.4, -0.2) is 39.5 Å². The summed E-state index contributed by atoms with van der Waals surface area (Å²) in [7, 11) is 0. The maximum Gasteiger partial charge on any atom is 0.321 e. The maximum atomic E-state index is 13.6. The minimum Gasteiger partial charge on any atom is -0.465 e. The predicted octanol–water partition coefficient (Wildman–Crippen LogP) is 3.86. The molecule has 1 aliphatic rings. The Balaban J connectivity index is 1.95. The summed E-state index contributed by atoms with van der Waals surface area (Å²) < 4.78 is 7.18. The van der Waals surface area contributed by atoms with E-state index in [1.807, 2.05) is 35.8 Å². The van der Waals surface area contributed by atoms with E-state index in [0.29, 0.717) is 23.6 Å². The lowest BCUT2D eigenvalue weighted by atomic mass is 9.89. The summed E-state index contributed by atoms with van der Waals surface area (Å²) in [6.07, 6.45) is 1.63. The molecule has 0 saturated heterocycles. The molecule has 9 nitrogen and oxygen atoms in total. The van der Waals surface area contributed by atoms with E-state index in [0.717, 1.165) is 18.4 Å². The summed E-state index contributed by atoms with van der Waals surface area (Å²) in [5.74, 6) is -1.65. The van der Waals surface area contributed by atoms with Crippen molar-refractivity contribution >= 4 is 34.5 Å². The van der Waals surface area contributed by atoms with Gasteiger partial charge in [0.1, 0.15) is 0 Å². The van der Waals surface area contributed by atoms with Gasteiger partial charge in [-0.1, -0.05) is 37.6 Å². The number of esters is 1. The Kier molecular flexibility index (Phi) is 5.89. The molecule has 0 N–H and O–H groups in total. The number of nitro groups is 1. The first-order valence-electron chi connectivity index (χ1n) is 10.7. The second-order valence-electron chi connectivity index (χ2n) is 7.64. The molecule has 0 bridgehead atoms. The van der Waals surface area contributed by atoms with E-state index >= 15 is 0 Å². The number of benzene rings is 2. The molecule has 1 amide bonds. The van der Waals surface area contributed by atoms with Gasteiger partial charge < -0.3 is 9.30 Å². The number of ether oxygens (including phenoxy) is 1. The molecule has 1 aliphatic heterocycles. The van der Waals surface area contributed by atoms with Crippen LogP contribution in [0.15, 0.2) is 48.5 Å². The minimum atomic E-state index is -1.13. The van der Waals surface area contributed by atoms with E-state index in [1.54, 1.807) is 24.0 Å². The summed E-state index contributed by atoms with van der Waals surface area (Å²) in [4.78, 5) is 43.6. The van der Waals surface area contributed by atoms with Crippen molar-refractivity contribution in [1.82, 2.24) is 9.55 Å². The number of imidazole rings is 1. The Hall–Kier alpha value is -3.75. The van der Waals surface area contributed by atoms with Crippen molar-refractivity contribution in [2.24, 2.45) is 5.92 Å². The molecule has 0 radical (unpaired) electrons. The van der Waals surface area contributed by atoms with Crippen LogP contribution in [0.5, 0.6) is 0 Å². The molecule has 32 heavy (non-hydrogen) atoms. The summed E-state index contributed by atoms with van der Waals surface area (Å²) in [5, 5.41) is 11.1. The molecule has 3 aromatic rings. The van der Waals surface area contributed by atoms with Gasteiger partial charge in [0.25, 0.3) is 5.69 Å². The van der Waals surface area contributed by atoms with E-state index in [4.69, 9.17) is 9.72 Å². The number of rotatable bonds is 7. The molecule has 166 valence electrons. The number of nitro benzene ring substituents is 1. The van der Waals surface area contributed by atoms with E-state index in [-0.39, 0.29) is 18.2 Å². The number of aromatic nitrogens is 2. The Bertz CT molecular complexity index is 1170. The quantitative estimate of drug-likeness (QED) is 0.241. The normalized spacial score (nSPS) is 17.9. The van der Waals surface area contributed by atoms with Crippen molar-refractivity contribution in [1.29, 1.82) is 0 Å². The van der Waals surface area contributed by atoms with Crippen molar-refractivity contribution in [2.75, 3.05) is 18.1 Å². The van der Waals surface area contributed by atoms with Gasteiger partial charge >= 0.3 is 5.97 Å². The molecule has 0 fully saturated rings. The minimum absolute atomic E-state index is 0.0659. The van der Waals surface area contributed by atoms with Crippen molar-refractivity contribution < 1.29 is 19.2 Å². The number of non-ortho nitro benzene ring substituents is 1. The lowest BCUT2D eigenvalue weighted by Crippen LogP contribution is -2.50. The Morgan fingerprint density at radius 1 is 1.16 bits per heavy atom. The van der Waals surface area contributed by atoms with E-state index in [9.17, 15) is 19.7 Å². The lowest BCUT2D eigenvalue weighted by Gasteiger charge is -2.37. The van der Waals surface area contributed by atoms with Gasteiger partial charge in [0.15, 0.2) is 5.92 Å². The first-order valence-corrected chi connectivity index (χ1v) is 10.7. The molecule has 2 aromatic carbocycles. The second-order valence-corrected chi connectivity index (χ2v) is 7.64. The topological polar surface area (TPSA) is 108 Å². The van der Waals surface area contributed by atoms with Gasteiger partial charge in [0.2, 0.25) is 11.9 Å². The smallest absolute Gasteiger partial charge is 0.321 e. The number of unbranched alkanes of at least 4 members (excludes halogenated alkanes) is 1. The Morgan fingerprint density at radius 3 is 2.53 bits per heavy atom. The summed E-state index contributed by atoms with van der Waals surface area (Å²) >= 11 is 0. The SMILES string of the molecule is CCCCN1C(=O)[C@@H](C(=O)OCC)[C@@H](c2ccc([N+](=O)[O-])cc2)n2c1nc1ccccc12. The summed E-state index contributed by atoms with van der Waals surface area (Å²) in [6.45, 7) is 4.29. The largest absolute Gasteiger partial charge is 0.465 e. The molecule has 0 saturated carbocycles. The number of hydrogen-bond acceptors (Lipinski definition) is 6. The van der Waals surface area contributed by atoms with Gasteiger partial charge in [-0.05, 0) is 31.0 Å².